The highest BCUT2D eigenvalue weighted by molar-refractivity contribution is 7.53. The summed E-state index contributed by atoms with van der Waals surface area (Å²) in [5, 5.41) is 1.49. The van der Waals surface area contributed by atoms with Crippen LogP contribution >= 0.6 is 7.60 Å². The van der Waals surface area contributed by atoms with Crippen molar-refractivity contribution in [3.63, 3.8) is 0 Å². The second-order valence-electron chi connectivity index (χ2n) is 7.53. The molecule has 0 spiro atoms. The van der Waals surface area contributed by atoms with Crippen molar-refractivity contribution >= 4 is 13.5 Å². The molecule has 2 aliphatic rings. The van der Waals surface area contributed by atoms with Gasteiger partial charge in [-0.3, -0.25) is 9.36 Å². The van der Waals surface area contributed by atoms with Gasteiger partial charge in [-0.1, -0.05) is 60.7 Å². The second-order valence-corrected chi connectivity index (χ2v) is 9.30. The maximum atomic E-state index is 13.4. The van der Waals surface area contributed by atoms with Crippen molar-refractivity contribution in [1.29, 1.82) is 0 Å². The van der Waals surface area contributed by atoms with E-state index in [9.17, 15) is 19.1 Å². The van der Waals surface area contributed by atoms with E-state index in [0.717, 1.165) is 18.5 Å². The Morgan fingerprint density at radius 1 is 1.04 bits per heavy atom. The van der Waals surface area contributed by atoms with Gasteiger partial charge in [0.25, 0.3) is 0 Å². The first-order valence-electron chi connectivity index (χ1n) is 9.67. The van der Waals surface area contributed by atoms with Gasteiger partial charge in [0.2, 0.25) is 5.91 Å². The number of likely N-dealkylation sites (tertiary alicyclic amines) is 1. The van der Waals surface area contributed by atoms with Crippen LogP contribution in [-0.4, -0.2) is 39.7 Å². The van der Waals surface area contributed by atoms with Gasteiger partial charge >= 0.3 is 7.60 Å². The number of benzene rings is 2. The minimum atomic E-state index is -4.76. The molecule has 2 saturated heterocycles. The Balaban J connectivity index is 1.91. The van der Waals surface area contributed by atoms with Crippen molar-refractivity contribution < 1.29 is 19.1 Å². The molecule has 1 unspecified atom stereocenters. The summed E-state index contributed by atoms with van der Waals surface area (Å²) in [7, 11) is -4.76. The van der Waals surface area contributed by atoms with Crippen LogP contribution in [-0.2, 0) is 14.6 Å². The molecular weight excluding hydrogens is 375 g/mol. The number of amides is 1. The third-order valence-electron chi connectivity index (χ3n) is 6.01. The molecule has 2 aliphatic heterocycles. The van der Waals surface area contributed by atoms with Crippen molar-refractivity contribution in [3.05, 3.63) is 71.8 Å². The SMILES string of the molecule is O=C([C@@H]1CCCN1)N1CCC(c2ccccc2)[C@]1(c1ccccc1)P(=O)(O)O. The Bertz CT molecular complexity index is 880. The minimum absolute atomic E-state index is 0.219. The summed E-state index contributed by atoms with van der Waals surface area (Å²) in [6.45, 7) is 1.07. The van der Waals surface area contributed by atoms with Crippen LogP contribution in [0.1, 0.15) is 36.3 Å². The molecule has 28 heavy (non-hydrogen) atoms. The Morgan fingerprint density at radius 3 is 2.25 bits per heavy atom. The van der Waals surface area contributed by atoms with Crippen LogP contribution in [0.5, 0.6) is 0 Å². The molecule has 1 amide bonds. The van der Waals surface area contributed by atoms with Gasteiger partial charge in [0.15, 0.2) is 5.28 Å². The summed E-state index contributed by atoms with van der Waals surface area (Å²) in [4.78, 5) is 36.3. The molecule has 3 N–H and O–H groups in total. The molecule has 0 bridgehead atoms. The lowest BCUT2D eigenvalue weighted by Crippen LogP contribution is -2.52. The Hall–Kier alpha value is -1.98. The number of hydrogen-bond donors (Lipinski definition) is 3. The van der Waals surface area contributed by atoms with Crippen LogP contribution in [0.2, 0.25) is 0 Å². The predicted molar refractivity (Wildman–Crippen MR) is 107 cm³/mol. The second kappa shape index (κ2) is 7.45. The van der Waals surface area contributed by atoms with Crippen molar-refractivity contribution in [2.24, 2.45) is 0 Å². The Kier molecular flexibility index (Phi) is 5.15. The van der Waals surface area contributed by atoms with E-state index in [4.69, 9.17) is 0 Å². The van der Waals surface area contributed by atoms with E-state index in [1.54, 1.807) is 24.3 Å². The summed E-state index contributed by atoms with van der Waals surface area (Å²) >= 11 is 0. The smallest absolute Gasteiger partial charge is 0.323 e. The number of nitrogens with one attached hydrogen (secondary N) is 1. The van der Waals surface area contributed by atoms with Gasteiger partial charge in [-0.2, -0.15) is 0 Å². The molecule has 6 nitrogen and oxygen atoms in total. The molecule has 2 aromatic carbocycles. The number of rotatable bonds is 4. The van der Waals surface area contributed by atoms with Crippen LogP contribution in [0.15, 0.2) is 60.7 Å². The van der Waals surface area contributed by atoms with Gasteiger partial charge in [-0.05, 0) is 36.9 Å². The lowest BCUT2D eigenvalue weighted by Gasteiger charge is -2.43. The van der Waals surface area contributed by atoms with Gasteiger partial charge in [-0.15, -0.1) is 0 Å². The highest BCUT2D eigenvalue weighted by Gasteiger charge is 2.63. The fourth-order valence-corrected chi connectivity index (χ4v) is 6.52. The van der Waals surface area contributed by atoms with Crippen LogP contribution < -0.4 is 5.32 Å². The summed E-state index contributed by atoms with van der Waals surface area (Å²) in [5.41, 5.74) is 1.32. The first-order valence-corrected chi connectivity index (χ1v) is 11.3. The molecule has 7 heteroatoms. The molecular formula is C21H25N2O4P. The monoisotopic (exact) mass is 400 g/mol. The molecule has 2 fully saturated rings. The molecule has 2 heterocycles. The van der Waals surface area contributed by atoms with E-state index in [-0.39, 0.29) is 11.9 Å². The van der Waals surface area contributed by atoms with Crippen LogP contribution in [0.3, 0.4) is 0 Å². The van der Waals surface area contributed by atoms with Gasteiger partial charge in [-0.25, -0.2) is 0 Å². The summed E-state index contributed by atoms with van der Waals surface area (Å²) in [6.07, 6.45) is 2.08. The first-order chi connectivity index (χ1) is 13.5. The number of carbonyl (C=O) groups excluding carboxylic acids is 1. The number of carbonyl (C=O) groups is 1. The lowest BCUT2D eigenvalue weighted by atomic mass is 9.86. The summed E-state index contributed by atoms with van der Waals surface area (Å²) in [5.74, 6) is -0.703. The van der Waals surface area contributed by atoms with E-state index in [2.05, 4.69) is 5.32 Å². The number of nitrogens with zero attached hydrogens (tertiary/aromatic N) is 1. The fourth-order valence-electron chi connectivity index (χ4n) is 4.83. The van der Waals surface area contributed by atoms with Crippen LogP contribution in [0.4, 0.5) is 0 Å². The molecule has 3 atom stereocenters. The van der Waals surface area contributed by atoms with Crippen molar-refractivity contribution in [2.45, 2.75) is 36.5 Å². The molecule has 0 saturated carbocycles. The maximum Gasteiger partial charge on any atom is 0.356 e. The minimum Gasteiger partial charge on any atom is -0.323 e. The summed E-state index contributed by atoms with van der Waals surface area (Å²) in [6, 6.07) is 17.8. The molecule has 148 valence electrons. The van der Waals surface area contributed by atoms with Gasteiger partial charge in [0, 0.05) is 12.5 Å². The van der Waals surface area contributed by atoms with Gasteiger partial charge in [0.05, 0.1) is 6.04 Å². The standard InChI is InChI=1S/C21H25N2O4P/c24-20(19-12-7-14-22-19)23-15-13-18(16-8-3-1-4-9-16)21(23,28(25,26)27)17-10-5-2-6-11-17/h1-6,8-11,18-19,22H,7,12-15H2,(H2,25,26,27)/t18?,19-,21-/m0/s1. The van der Waals surface area contributed by atoms with Gasteiger partial charge < -0.3 is 20.0 Å². The molecule has 2 aromatic rings. The Morgan fingerprint density at radius 2 is 1.68 bits per heavy atom. The maximum absolute atomic E-state index is 13.4. The van der Waals surface area contributed by atoms with Gasteiger partial charge in [0.1, 0.15) is 0 Å². The van der Waals surface area contributed by atoms with E-state index < -0.39 is 18.8 Å². The zero-order valence-corrected chi connectivity index (χ0v) is 16.5. The predicted octanol–water partition coefficient (Wildman–Crippen LogP) is 2.79. The van der Waals surface area contributed by atoms with Crippen LogP contribution in [0.25, 0.3) is 0 Å². The summed E-state index contributed by atoms with van der Waals surface area (Å²) < 4.78 is 13.1. The average molecular weight is 400 g/mol. The molecule has 4 rings (SSSR count). The zero-order chi connectivity index (χ0) is 19.8. The van der Waals surface area contributed by atoms with Crippen LogP contribution in [0, 0.1) is 0 Å². The largest absolute Gasteiger partial charge is 0.356 e. The quantitative estimate of drug-likeness (QED) is 0.687. The first kappa shape index (κ1) is 19.3. The van der Waals surface area contributed by atoms with Crippen molar-refractivity contribution in [3.8, 4) is 0 Å². The lowest BCUT2D eigenvalue weighted by molar-refractivity contribution is -0.136. The normalized spacial score (nSPS) is 27.9. The Labute approximate surface area is 164 Å². The average Bonchev–Trinajstić information content (AvgIpc) is 3.37. The fraction of sp³-hybridized carbons (Fsp3) is 0.381. The third kappa shape index (κ3) is 3.01. The van der Waals surface area contributed by atoms with E-state index in [1.165, 1.54) is 4.90 Å². The van der Waals surface area contributed by atoms with Crippen molar-refractivity contribution in [2.75, 3.05) is 13.1 Å². The molecule has 0 aliphatic carbocycles. The van der Waals surface area contributed by atoms with E-state index >= 15 is 0 Å². The number of hydrogen-bond acceptors (Lipinski definition) is 3. The zero-order valence-electron chi connectivity index (χ0n) is 15.6. The van der Waals surface area contributed by atoms with E-state index in [1.807, 2.05) is 36.4 Å². The third-order valence-corrected chi connectivity index (χ3v) is 7.71. The molecule has 0 radical (unpaired) electrons. The topological polar surface area (TPSA) is 89.9 Å². The molecule has 0 aromatic heterocycles. The highest BCUT2D eigenvalue weighted by atomic mass is 31.2. The van der Waals surface area contributed by atoms with Crippen molar-refractivity contribution in [1.82, 2.24) is 10.2 Å². The highest BCUT2D eigenvalue weighted by Crippen LogP contribution is 2.68. The van der Waals surface area contributed by atoms with E-state index in [0.29, 0.717) is 24.9 Å².